The molecule has 24 heavy (non-hydrogen) atoms. The van der Waals surface area contributed by atoms with E-state index in [1.807, 2.05) is 24.5 Å². The fourth-order valence-corrected chi connectivity index (χ4v) is 4.91. The van der Waals surface area contributed by atoms with Gasteiger partial charge in [-0.05, 0) is 45.2 Å². The number of nitrogens with zero attached hydrogens (tertiary/aromatic N) is 2. The van der Waals surface area contributed by atoms with E-state index >= 15 is 0 Å². The molecule has 4 rings (SSSR count). The molecule has 0 atom stereocenters. The van der Waals surface area contributed by atoms with E-state index in [-0.39, 0.29) is 11.7 Å². The second-order valence-electron chi connectivity index (χ2n) is 7.10. The van der Waals surface area contributed by atoms with Gasteiger partial charge in [-0.15, -0.1) is 11.3 Å². The highest BCUT2D eigenvalue weighted by molar-refractivity contribution is 7.13. The first-order valence-electron chi connectivity index (χ1n) is 8.76. The smallest absolute Gasteiger partial charge is 0.305 e. The van der Waals surface area contributed by atoms with Crippen LogP contribution >= 0.6 is 11.3 Å². The topological polar surface area (TPSA) is 50.7 Å². The van der Waals surface area contributed by atoms with Crippen LogP contribution in [0.3, 0.4) is 0 Å². The monoisotopic (exact) mass is 341 g/mol. The van der Waals surface area contributed by atoms with Gasteiger partial charge in [-0.3, -0.25) is 4.57 Å². The van der Waals surface area contributed by atoms with Crippen molar-refractivity contribution in [1.82, 2.24) is 14.5 Å². The largest absolute Gasteiger partial charge is 0.326 e. The molecular formula is C19H23N3OS. The lowest BCUT2D eigenvalue weighted by Crippen LogP contribution is -2.18. The number of aromatic amines is 1. The SMILES string of the molecule is Cc1ccc2c([nH]c(=O)n2C(C)C)c1-c1nc(C2CCCC2)cs1. The molecule has 2 heterocycles. The Bertz CT molecular complexity index is 941. The van der Waals surface area contributed by atoms with Crippen LogP contribution in [0.4, 0.5) is 0 Å². The van der Waals surface area contributed by atoms with Crippen molar-refractivity contribution in [3.8, 4) is 10.6 Å². The lowest BCUT2D eigenvalue weighted by Gasteiger charge is -2.09. The lowest BCUT2D eigenvalue weighted by atomic mass is 10.0. The van der Waals surface area contributed by atoms with Gasteiger partial charge in [0.15, 0.2) is 0 Å². The van der Waals surface area contributed by atoms with Crippen LogP contribution in [0.25, 0.3) is 21.6 Å². The summed E-state index contributed by atoms with van der Waals surface area (Å²) in [7, 11) is 0. The molecule has 1 fully saturated rings. The van der Waals surface area contributed by atoms with Crippen LogP contribution < -0.4 is 5.69 Å². The minimum Gasteiger partial charge on any atom is -0.305 e. The van der Waals surface area contributed by atoms with E-state index in [4.69, 9.17) is 4.98 Å². The molecular weight excluding hydrogens is 318 g/mol. The zero-order valence-corrected chi connectivity index (χ0v) is 15.2. The summed E-state index contributed by atoms with van der Waals surface area (Å²) in [5.74, 6) is 0.619. The first-order valence-corrected chi connectivity index (χ1v) is 9.64. The van der Waals surface area contributed by atoms with E-state index < -0.39 is 0 Å². The number of aromatic nitrogens is 3. The average molecular weight is 341 g/mol. The average Bonchev–Trinajstić information content (AvgIpc) is 3.24. The van der Waals surface area contributed by atoms with E-state index in [0.717, 1.165) is 27.2 Å². The number of imidazole rings is 1. The summed E-state index contributed by atoms with van der Waals surface area (Å²) in [4.78, 5) is 20.4. The number of hydrogen-bond acceptors (Lipinski definition) is 3. The highest BCUT2D eigenvalue weighted by Gasteiger charge is 2.22. The summed E-state index contributed by atoms with van der Waals surface area (Å²) in [6, 6.07) is 4.27. The molecule has 126 valence electrons. The summed E-state index contributed by atoms with van der Waals surface area (Å²) in [5.41, 5.74) is 5.31. The molecule has 3 aromatic rings. The standard InChI is InChI=1S/C19H23N3OS/c1-11(2)22-15-9-8-12(3)16(17(15)21-19(22)23)18-20-14(10-24-18)13-6-4-5-7-13/h8-11,13H,4-7H2,1-3H3,(H,21,23). The molecule has 1 aliphatic rings. The van der Waals surface area contributed by atoms with Gasteiger partial charge in [0.05, 0.1) is 16.7 Å². The molecule has 0 aliphatic heterocycles. The van der Waals surface area contributed by atoms with Gasteiger partial charge >= 0.3 is 5.69 Å². The Hall–Kier alpha value is -1.88. The van der Waals surface area contributed by atoms with Gasteiger partial charge in [-0.25, -0.2) is 9.78 Å². The van der Waals surface area contributed by atoms with Crippen molar-refractivity contribution in [2.75, 3.05) is 0 Å². The van der Waals surface area contributed by atoms with Gasteiger partial charge in [-0.1, -0.05) is 18.9 Å². The van der Waals surface area contributed by atoms with Crippen LogP contribution in [-0.4, -0.2) is 14.5 Å². The number of rotatable bonds is 3. The van der Waals surface area contributed by atoms with Gasteiger partial charge in [0.1, 0.15) is 5.01 Å². The third kappa shape index (κ3) is 2.42. The molecule has 1 N–H and O–H groups in total. The van der Waals surface area contributed by atoms with Crippen molar-refractivity contribution in [2.45, 2.75) is 58.4 Å². The molecule has 1 aliphatic carbocycles. The molecule has 1 aromatic carbocycles. The van der Waals surface area contributed by atoms with Crippen LogP contribution in [0.2, 0.25) is 0 Å². The summed E-state index contributed by atoms with van der Waals surface area (Å²) in [6.07, 6.45) is 5.15. The minimum atomic E-state index is -0.0422. The normalized spacial score (nSPS) is 15.8. The third-order valence-electron chi connectivity index (χ3n) is 5.13. The summed E-state index contributed by atoms with van der Waals surface area (Å²) >= 11 is 1.70. The Kier molecular flexibility index (Phi) is 3.83. The molecule has 0 bridgehead atoms. The van der Waals surface area contributed by atoms with Crippen LogP contribution in [0.1, 0.15) is 62.7 Å². The molecule has 2 aromatic heterocycles. The van der Waals surface area contributed by atoms with Gasteiger partial charge < -0.3 is 4.98 Å². The van der Waals surface area contributed by atoms with E-state index in [1.165, 1.54) is 31.4 Å². The zero-order chi connectivity index (χ0) is 16.8. The number of benzene rings is 1. The van der Waals surface area contributed by atoms with E-state index in [2.05, 4.69) is 23.4 Å². The summed E-state index contributed by atoms with van der Waals surface area (Å²) < 4.78 is 1.82. The van der Waals surface area contributed by atoms with Gasteiger partial charge in [-0.2, -0.15) is 0 Å². The van der Waals surface area contributed by atoms with Crippen LogP contribution in [-0.2, 0) is 0 Å². The van der Waals surface area contributed by atoms with Crippen molar-refractivity contribution in [2.24, 2.45) is 0 Å². The van der Waals surface area contributed by atoms with E-state index in [0.29, 0.717) is 5.92 Å². The van der Waals surface area contributed by atoms with Crippen LogP contribution in [0.15, 0.2) is 22.3 Å². The van der Waals surface area contributed by atoms with Crippen molar-refractivity contribution in [3.63, 3.8) is 0 Å². The maximum absolute atomic E-state index is 12.4. The van der Waals surface area contributed by atoms with Gasteiger partial charge in [0.2, 0.25) is 0 Å². The minimum absolute atomic E-state index is 0.0422. The van der Waals surface area contributed by atoms with E-state index in [9.17, 15) is 4.79 Å². The summed E-state index contributed by atoms with van der Waals surface area (Å²) in [6.45, 7) is 6.17. The number of hydrogen-bond donors (Lipinski definition) is 1. The summed E-state index contributed by atoms with van der Waals surface area (Å²) in [5, 5.41) is 3.23. The molecule has 0 spiro atoms. The van der Waals surface area contributed by atoms with Crippen molar-refractivity contribution in [1.29, 1.82) is 0 Å². The zero-order valence-electron chi connectivity index (χ0n) is 14.4. The molecule has 5 heteroatoms. The van der Waals surface area contributed by atoms with E-state index in [1.54, 1.807) is 11.3 Å². The number of fused-ring (bicyclic) bond motifs is 1. The first kappa shape index (κ1) is 15.6. The predicted molar refractivity (Wildman–Crippen MR) is 100.0 cm³/mol. The molecule has 0 saturated heterocycles. The molecule has 0 amide bonds. The van der Waals surface area contributed by atoms with Gasteiger partial charge in [0.25, 0.3) is 0 Å². The fraction of sp³-hybridized carbons (Fsp3) is 0.474. The fourth-order valence-electron chi connectivity index (χ4n) is 3.90. The molecule has 4 nitrogen and oxygen atoms in total. The predicted octanol–water partition coefficient (Wildman–Crippen LogP) is 5.00. The molecule has 0 unspecified atom stereocenters. The number of aryl methyl sites for hydroxylation is 1. The number of H-pyrrole nitrogens is 1. The first-order chi connectivity index (χ1) is 11.6. The van der Waals surface area contributed by atoms with Gasteiger partial charge in [0, 0.05) is 22.9 Å². The second kappa shape index (κ2) is 5.88. The second-order valence-corrected chi connectivity index (χ2v) is 7.96. The lowest BCUT2D eigenvalue weighted by molar-refractivity contribution is 0.598. The maximum Gasteiger partial charge on any atom is 0.326 e. The molecule has 0 radical (unpaired) electrons. The Morgan fingerprint density at radius 3 is 2.75 bits per heavy atom. The Morgan fingerprint density at radius 1 is 1.29 bits per heavy atom. The molecule has 1 saturated carbocycles. The Labute approximate surface area is 145 Å². The van der Waals surface area contributed by atoms with Crippen LogP contribution in [0.5, 0.6) is 0 Å². The van der Waals surface area contributed by atoms with Crippen LogP contribution in [0, 0.1) is 6.92 Å². The van der Waals surface area contributed by atoms with Crippen molar-refractivity contribution < 1.29 is 0 Å². The quantitative estimate of drug-likeness (QED) is 0.729. The number of thiazole rings is 1. The Balaban J connectivity index is 1.88. The third-order valence-corrected chi connectivity index (χ3v) is 6.01. The Morgan fingerprint density at radius 2 is 2.04 bits per heavy atom. The van der Waals surface area contributed by atoms with Crippen molar-refractivity contribution >= 4 is 22.4 Å². The maximum atomic E-state index is 12.4. The van der Waals surface area contributed by atoms with Crippen molar-refractivity contribution in [3.05, 3.63) is 39.3 Å². The number of nitrogens with one attached hydrogen (secondary N) is 1. The highest BCUT2D eigenvalue weighted by atomic mass is 32.1. The highest BCUT2D eigenvalue weighted by Crippen LogP contribution is 2.38.